The molecule has 50 heavy (non-hydrogen) atoms. The number of carbonyl (C=O) groups excluding carboxylic acids is 4. The van der Waals surface area contributed by atoms with Crippen LogP contribution in [0.15, 0.2) is 97.6 Å². The maximum absolute atomic E-state index is 12.8. The molecule has 0 aromatic heterocycles. The third kappa shape index (κ3) is 13.0. The highest BCUT2D eigenvalue weighted by Crippen LogP contribution is 2.29. The Labute approximate surface area is 290 Å². The zero-order chi connectivity index (χ0) is 36.1. The molecule has 0 saturated carbocycles. The standard InChI is InChI=1S/C38H37NO11/c1-4-35(40)47-22-8-6-20-45-30-13-11-28(12-14-30)37(42)49-31-15-17-32(18-16-31)50-38(43)29(26-39)24-27-10-19-33(34(25-27)44-3)46-21-7-9-23-48-36(41)5-2/h4-5,10-19,24-25H,1-2,6-9,20-23H2,3H3/b29-24+. The van der Waals surface area contributed by atoms with Crippen LogP contribution >= 0.6 is 0 Å². The third-order valence-corrected chi connectivity index (χ3v) is 6.60. The molecule has 12 nitrogen and oxygen atoms in total. The first-order valence-corrected chi connectivity index (χ1v) is 15.5. The van der Waals surface area contributed by atoms with Crippen molar-refractivity contribution in [2.75, 3.05) is 33.5 Å². The summed E-state index contributed by atoms with van der Waals surface area (Å²) in [5.41, 5.74) is 0.546. The lowest BCUT2D eigenvalue weighted by atomic mass is 10.1. The van der Waals surface area contributed by atoms with E-state index in [1.165, 1.54) is 37.5 Å². The Morgan fingerprint density at radius 1 is 0.680 bits per heavy atom. The molecule has 3 aromatic carbocycles. The van der Waals surface area contributed by atoms with E-state index in [9.17, 15) is 24.4 Å². The van der Waals surface area contributed by atoms with Gasteiger partial charge >= 0.3 is 23.9 Å². The van der Waals surface area contributed by atoms with Gasteiger partial charge in [-0.15, -0.1) is 0 Å². The third-order valence-electron chi connectivity index (χ3n) is 6.60. The number of benzene rings is 3. The van der Waals surface area contributed by atoms with Crippen molar-refractivity contribution in [1.82, 2.24) is 0 Å². The molecule has 0 aliphatic carbocycles. The van der Waals surface area contributed by atoms with Crippen molar-refractivity contribution >= 4 is 30.0 Å². The van der Waals surface area contributed by atoms with Crippen LogP contribution in [-0.2, 0) is 23.9 Å². The van der Waals surface area contributed by atoms with Crippen molar-refractivity contribution in [2.24, 2.45) is 0 Å². The molecule has 3 aromatic rings. The minimum Gasteiger partial charge on any atom is -0.494 e. The number of esters is 4. The number of rotatable bonds is 20. The van der Waals surface area contributed by atoms with Crippen molar-refractivity contribution in [3.05, 3.63) is 109 Å². The van der Waals surface area contributed by atoms with Crippen molar-refractivity contribution in [3.8, 4) is 34.8 Å². The van der Waals surface area contributed by atoms with E-state index in [2.05, 4.69) is 13.2 Å². The summed E-state index contributed by atoms with van der Waals surface area (Å²) in [5, 5.41) is 9.63. The number of methoxy groups -OCH3 is 1. The zero-order valence-corrected chi connectivity index (χ0v) is 27.6. The Kier molecular flexibility index (Phi) is 15.8. The number of unbranched alkanes of at least 4 members (excludes halogenated alkanes) is 2. The Balaban J connectivity index is 1.48. The van der Waals surface area contributed by atoms with E-state index in [0.717, 1.165) is 12.2 Å². The summed E-state index contributed by atoms with van der Waals surface area (Å²) in [7, 11) is 1.47. The number of ether oxygens (including phenoxy) is 7. The van der Waals surface area contributed by atoms with Gasteiger partial charge in [-0.1, -0.05) is 19.2 Å². The summed E-state index contributed by atoms with van der Waals surface area (Å²) in [6.07, 6.45) is 6.13. The maximum atomic E-state index is 12.8. The van der Waals surface area contributed by atoms with Gasteiger partial charge in [0.2, 0.25) is 0 Å². The Morgan fingerprint density at radius 3 is 1.78 bits per heavy atom. The van der Waals surface area contributed by atoms with E-state index in [4.69, 9.17) is 33.2 Å². The van der Waals surface area contributed by atoms with Gasteiger partial charge in [-0.3, -0.25) is 0 Å². The van der Waals surface area contributed by atoms with Gasteiger partial charge in [-0.2, -0.15) is 5.26 Å². The van der Waals surface area contributed by atoms with Crippen LogP contribution in [0.3, 0.4) is 0 Å². The molecule has 0 aliphatic heterocycles. The molecular weight excluding hydrogens is 646 g/mol. The highest BCUT2D eigenvalue weighted by molar-refractivity contribution is 5.99. The monoisotopic (exact) mass is 683 g/mol. The predicted molar refractivity (Wildman–Crippen MR) is 182 cm³/mol. The van der Waals surface area contributed by atoms with Crippen LogP contribution in [0.4, 0.5) is 0 Å². The zero-order valence-electron chi connectivity index (χ0n) is 27.6. The number of carbonyl (C=O) groups is 4. The number of hydrogen-bond donors (Lipinski definition) is 0. The molecule has 0 N–H and O–H groups in total. The topological polar surface area (TPSA) is 157 Å². The van der Waals surface area contributed by atoms with E-state index in [1.54, 1.807) is 42.5 Å². The summed E-state index contributed by atoms with van der Waals surface area (Å²) < 4.78 is 37.4. The van der Waals surface area contributed by atoms with Crippen molar-refractivity contribution in [1.29, 1.82) is 5.26 Å². The van der Waals surface area contributed by atoms with Gasteiger partial charge in [0, 0.05) is 12.2 Å². The lowest BCUT2D eigenvalue weighted by molar-refractivity contribution is -0.138. The largest absolute Gasteiger partial charge is 0.494 e. The first kappa shape index (κ1) is 38.1. The van der Waals surface area contributed by atoms with Crippen LogP contribution in [0.1, 0.15) is 41.6 Å². The first-order valence-electron chi connectivity index (χ1n) is 15.5. The second-order valence-electron chi connectivity index (χ2n) is 10.2. The molecule has 0 spiro atoms. The van der Waals surface area contributed by atoms with E-state index >= 15 is 0 Å². The van der Waals surface area contributed by atoms with Gasteiger partial charge < -0.3 is 33.2 Å². The molecule has 0 saturated heterocycles. The second-order valence-corrected chi connectivity index (χ2v) is 10.2. The molecule has 0 unspecified atom stereocenters. The average molecular weight is 684 g/mol. The average Bonchev–Trinajstić information content (AvgIpc) is 3.14. The minimum atomic E-state index is -0.882. The second kappa shape index (κ2) is 20.8. The molecule has 12 heteroatoms. The lowest BCUT2D eigenvalue weighted by Crippen LogP contribution is -2.11. The van der Waals surface area contributed by atoms with E-state index in [0.29, 0.717) is 67.3 Å². The van der Waals surface area contributed by atoms with Crippen LogP contribution < -0.4 is 23.7 Å². The molecule has 0 atom stereocenters. The van der Waals surface area contributed by atoms with E-state index in [1.807, 2.05) is 6.07 Å². The van der Waals surface area contributed by atoms with Gasteiger partial charge in [0.25, 0.3) is 0 Å². The fraction of sp³-hybridized carbons (Fsp3) is 0.237. The van der Waals surface area contributed by atoms with Gasteiger partial charge in [-0.25, -0.2) is 19.2 Å². The van der Waals surface area contributed by atoms with Gasteiger partial charge in [0.15, 0.2) is 11.5 Å². The molecule has 0 radical (unpaired) electrons. The quantitative estimate of drug-likeness (QED) is 0.0437. The molecule has 0 bridgehead atoms. The van der Waals surface area contributed by atoms with Crippen LogP contribution in [0, 0.1) is 11.3 Å². The molecule has 0 aliphatic rings. The van der Waals surface area contributed by atoms with Crippen molar-refractivity contribution in [3.63, 3.8) is 0 Å². The number of nitriles is 1. The SMILES string of the molecule is C=CC(=O)OCCCCOc1ccc(C(=O)Oc2ccc(OC(=O)/C(C#N)=C/c3ccc(OCCCCOC(=O)C=C)c(OC)c3)cc2)cc1. The number of nitrogens with zero attached hydrogens (tertiary/aromatic N) is 1. The van der Waals surface area contributed by atoms with Gasteiger partial charge in [0.05, 0.1) is 39.1 Å². The Bertz CT molecular complexity index is 1700. The molecular formula is C38H37NO11. The molecule has 0 fully saturated rings. The number of hydrogen-bond acceptors (Lipinski definition) is 12. The van der Waals surface area contributed by atoms with Gasteiger partial charge in [0.1, 0.15) is 28.9 Å². The predicted octanol–water partition coefficient (Wildman–Crippen LogP) is 6.20. The Morgan fingerprint density at radius 2 is 1.22 bits per heavy atom. The van der Waals surface area contributed by atoms with Crippen LogP contribution in [0.25, 0.3) is 6.08 Å². The molecule has 3 rings (SSSR count). The first-order chi connectivity index (χ1) is 24.3. The summed E-state index contributed by atoms with van der Waals surface area (Å²) in [6, 6.07) is 19.0. The van der Waals surface area contributed by atoms with Gasteiger partial charge in [-0.05, 0) is 98.0 Å². The van der Waals surface area contributed by atoms with Crippen LogP contribution in [0.5, 0.6) is 28.7 Å². The summed E-state index contributed by atoms with van der Waals surface area (Å²) >= 11 is 0. The van der Waals surface area contributed by atoms with Crippen LogP contribution in [-0.4, -0.2) is 57.4 Å². The lowest BCUT2D eigenvalue weighted by Gasteiger charge is -2.11. The van der Waals surface area contributed by atoms with E-state index < -0.39 is 23.9 Å². The molecule has 0 amide bonds. The summed E-state index contributed by atoms with van der Waals surface area (Å²) in [5.74, 6) is -0.632. The molecule has 260 valence electrons. The summed E-state index contributed by atoms with van der Waals surface area (Å²) in [6.45, 7) is 7.99. The fourth-order valence-corrected chi connectivity index (χ4v) is 4.03. The summed E-state index contributed by atoms with van der Waals surface area (Å²) in [4.78, 5) is 47.5. The van der Waals surface area contributed by atoms with E-state index in [-0.39, 0.29) is 30.3 Å². The highest BCUT2D eigenvalue weighted by atomic mass is 16.5. The van der Waals surface area contributed by atoms with Crippen molar-refractivity contribution in [2.45, 2.75) is 25.7 Å². The smallest absolute Gasteiger partial charge is 0.354 e. The molecule has 0 heterocycles. The Hall–Kier alpha value is -6.35. The van der Waals surface area contributed by atoms with Crippen molar-refractivity contribution < 1.29 is 52.3 Å². The maximum Gasteiger partial charge on any atom is 0.354 e. The van der Waals surface area contributed by atoms with Crippen LogP contribution in [0.2, 0.25) is 0 Å². The fourth-order valence-electron chi connectivity index (χ4n) is 4.03. The normalized spacial score (nSPS) is 10.5. The minimum absolute atomic E-state index is 0.136. The highest BCUT2D eigenvalue weighted by Gasteiger charge is 2.15.